The maximum absolute atomic E-state index is 12.3. The molecule has 0 fully saturated rings. The van der Waals surface area contributed by atoms with Crippen molar-refractivity contribution in [1.29, 1.82) is 0 Å². The van der Waals surface area contributed by atoms with Crippen LogP contribution in [-0.4, -0.2) is 17.0 Å². The van der Waals surface area contributed by atoms with Crippen LogP contribution in [0.2, 0.25) is 0 Å². The molecule has 0 spiro atoms. The van der Waals surface area contributed by atoms with Crippen molar-refractivity contribution in [2.75, 3.05) is 5.32 Å². The third-order valence-corrected chi connectivity index (χ3v) is 3.77. The van der Waals surface area contributed by atoms with Gasteiger partial charge in [0.2, 0.25) is 0 Å². The zero-order valence-corrected chi connectivity index (χ0v) is 13.4. The lowest BCUT2D eigenvalue weighted by Crippen LogP contribution is -2.13. The second-order valence-electron chi connectivity index (χ2n) is 5.59. The van der Waals surface area contributed by atoms with Crippen LogP contribution >= 0.6 is 0 Å². The molecule has 1 unspecified atom stereocenters. The van der Waals surface area contributed by atoms with Gasteiger partial charge in [-0.25, -0.2) is 0 Å². The summed E-state index contributed by atoms with van der Waals surface area (Å²) in [6, 6.07) is 14.5. The molecule has 0 aromatic heterocycles. The van der Waals surface area contributed by atoms with Crippen molar-refractivity contribution < 1.29 is 14.7 Å². The Morgan fingerprint density at radius 1 is 1.13 bits per heavy atom. The topological polar surface area (TPSA) is 66.4 Å². The minimum absolute atomic E-state index is 0.201. The largest absolute Gasteiger partial charge is 0.481 e. The number of rotatable bonds is 6. The Bertz CT molecular complexity index is 692. The van der Waals surface area contributed by atoms with Crippen LogP contribution in [0.25, 0.3) is 0 Å². The molecule has 2 N–H and O–H groups in total. The van der Waals surface area contributed by atoms with Gasteiger partial charge in [0.05, 0.1) is 5.92 Å². The Morgan fingerprint density at radius 2 is 1.83 bits per heavy atom. The molecule has 0 saturated carbocycles. The van der Waals surface area contributed by atoms with Gasteiger partial charge in [-0.1, -0.05) is 37.6 Å². The number of carboxylic acid groups (broad SMARTS) is 1. The van der Waals surface area contributed by atoms with E-state index in [0.29, 0.717) is 16.8 Å². The van der Waals surface area contributed by atoms with Crippen LogP contribution in [0.5, 0.6) is 0 Å². The summed E-state index contributed by atoms with van der Waals surface area (Å²) >= 11 is 0. The molecule has 0 aliphatic rings. The van der Waals surface area contributed by atoms with E-state index in [-0.39, 0.29) is 5.91 Å². The van der Waals surface area contributed by atoms with Crippen LogP contribution < -0.4 is 5.32 Å². The predicted molar refractivity (Wildman–Crippen MR) is 90.9 cm³/mol. The smallest absolute Gasteiger partial charge is 0.310 e. The van der Waals surface area contributed by atoms with Crippen molar-refractivity contribution in [2.45, 2.75) is 32.6 Å². The van der Waals surface area contributed by atoms with Crippen molar-refractivity contribution in [1.82, 2.24) is 0 Å². The quantitative estimate of drug-likeness (QED) is 0.844. The summed E-state index contributed by atoms with van der Waals surface area (Å²) in [6.45, 7) is 3.74. The van der Waals surface area contributed by atoms with E-state index in [0.717, 1.165) is 12.8 Å². The third kappa shape index (κ3) is 4.42. The Balaban J connectivity index is 2.10. The zero-order valence-electron chi connectivity index (χ0n) is 13.4. The SMILES string of the molecule is CCCc1ccc(C(=O)Nc2cccc(C(C)C(=O)O)c2)cc1. The van der Waals surface area contributed by atoms with E-state index in [1.807, 2.05) is 24.3 Å². The average Bonchev–Trinajstić information content (AvgIpc) is 2.55. The summed E-state index contributed by atoms with van der Waals surface area (Å²) in [7, 11) is 0. The van der Waals surface area contributed by atoms with Gasteiger partial charge in [-0.15, -0.1) is 0 Å². The molecule has 120 valence electrons. The van der Waals surface area contributed by atoms with Gasteiger partial charge in [-0.2, -0.15) is 0 Å². The van der Waals surface area contributed by atoms with Crippen LogP contribution in [0.15, 0.2) is 48.5 Å². The van der Waals surface area contributed by atoms with E-state index < -0.39 is 11.9 Å². The van der Waals surface area contributed by atoms with E-state index in [9.17, 15) is 9.59 Å². The number of aliphatic carboxylic acids is 1. The van der Waals surface area contributed by atoms with Crippen molar-refractivity contribution in [3.63, 3.8) is 0 Å². The first-order valence-corrected chi connectivity index (χ1v) is 7.74. The lowest BCUT2D eigenvalue weighted by Gasteiger charge is -2.10. The minimum Gasteiger partial charge on any atom is -0.481 e. The van der Waals surface area contributed by atoms with Crippen molar-refractivity contribution in [3.8, 4) is 0 Å². The fraction of sp³-hybridized carbons (Fsp3) is 0.263. The van der Waals surface area contributed by atoms with Crippen molar-refractivity contribution in [2.24, 2.45) is 0 Å². The molecule has 2 aromatic carbocycles. The number of carboxylic acids is 1. The summed E-state index contributed by atoms with van der Waals surface area (Å²) in [5.41, 5.74) is 3.05. The number of carbonyl (C=O) groups is 2. The molecule has 2 rings (SSSR count). The number of nitrogens with one attached hydrogen (secondary N) is 1. The second-order valence-corrected chi connectivity index (χ2v) is 5.59. The van der Waals surface area contributed by atoms with Gasteiger partial charge in [0.15, 0.2) is 0 Å². The van der Waals surface area contributed by atoms with E-state index in [2.05, 4.69) is 12.2 Å². The Morgan fingerprint density at radius 3 is 2.43 bits per heavy atom. The molecule has 1 atom stereocenters. The zero-order chi connectivity index (χ0) is 16.8. The number of hydrogen-bond donors (Lipinski definition) is 2. The molecular formula is C19H21NO3. The molecule has 0 saturated heterocycles. The summed E-state index contributed by atoms with van der Waals surface area (Å²) < 4.78 is 0. The highest BCUT2D eigenvalue weighted by Crippen LogP contribution is 2.20. The van der Waals surface area contributed by atoms with Crippen LogP contribution in [0.3, 0.4) is 0 Å². The van der Waals surface area contributed by atoms with Crippen LogP contribution in [0.1, 0.15) is 47.7 Å². The fourth-order valence-corrected chi connectivity index (χ4v) is 2.34. The van der Waals surface area contributed by atoms with Gasteiger partial charge in [0, 0.05) is 11.3 Å². The van der Waals surface area contributed by atoms with Gasteiger partial charge in [-0.3, -0.25) is 9.59 Å². The van der Waals surface area contributed by atoms with Crippen molar-refractivity contribution >= 4 is 17.6 Å². The monoisotopic (exact) mass is 311 g/mol. The van der Waals surface area contributed by atoms with E-state index in [4.69, 9.17) is 5.11 Å². The summed E-state index contributed by atoms with van der Waals surface area (Å²) in [4.78, 5) is 23.3. The first-order chi connectivity index (χ1) is 11.0. The number of anilines is 1. The highest BCUT2D eigenvalue weighted by Gasteiger charge is 2.14. The molecule has 4 heteroatoms. The molecule has 2 aromatic rings. The molecule has 0 aliphatic carbocycles. The molecule has 23 heavy (non-hydrogen) atoms. The van der Waals surface area contributed by atoms with Crippen molar-refractivity contribution in [3.05, 3.63) is 65.2 Å². The summed E-state index contributed by atoms with van der Waals surface area (Å²) in [6.07, 6.45) is 2.07. The number of benzene rings is 2. The number of carbonyl (C=O) groups excluding carboxylic acids is 1. The number of hydrogen-bond acceptors (Lipinski definition) is 2. The molecule has 0 heterocycles. The lowest BCUT2D eigenvalue weighted by atomic mass is 10.0. The van der Waals surface area contributed by atoms with Gasteiger partial charge in [-0.05, 0) is 48.7 Å². The van der Waals surface area contributed by atoms with Crippen LogP contribution in [0.4, 0.5) is 5.69 Å². The number of aryl methyl sites for hydroxylation is 1. The minimum atomic E-state index is -0.889. The van der Waals surface area contributed by atoms with E-state index >= 15 is 0 Å². The first kappa shape index (κ1) is 16.7. The fourth-order valence-electron chi connectivity index (χ4n) is 2.34. The lowest BCUT2D eigenvalue weighted by molar-refractivity contribution is -0.138. The van der Waals surface area contributed by atoms with Gasteiger partial charge >= 0.3 is 5.97 Å². The number of amides is 1. The second kappa shape index (κ2) is 7.58. The summed E-state index contributed by atoms with van der Waals surface area (Å²) in [5, 5.41) is 11.9. The summed E-state index contributed by atoms with van der Waals surface area (Å²) in [5.74, 6) is -1.70. The maximum Gasteiger partial charge on any atom is 0.310 e. The van der Waals surface area contributed by atoms with Gasteiger partial charge in [0.1, 0.15) is 0 Å². The average molecular weight is 311 g/mol. The van der Waals surface area contributed by atoms with Gasteiger partial charge < -0.3 is 10.4 Å². The Kier molecular flexibility index (Phi) is 5.52. The highest BCUT2D eigenvalue weighted by atomic mass is 16.4. The molecular weight excluding hydrogens is 290 g/mol. The van der Waals surface area contributed by atoms with Crippen LogP contribution in [0, 0.1) is 0 Å². The Hall–Kier alpha value is -2.62. The third-order valence-electron chi connectivity index (χ3n) is 3.77. The molecule has 0 radical (unpaired) electrons. The van der Waals surface area contributed by atoms with E-state index in [1.54, 1.807) is 31.2 Å². The normalized spacial score (nSPS) is 11.7. The molecule has 1 amide bonds. The first-order valence-electron chi connectivity index (χ1n) is 7.74. The predicted octanol–water partition coefficient (Wildman–Crippen LogP) is 4.08. The molecule has 0 aliphatic heterocycles. The highest BCUT2D eigenvalue weighted by molar-refractivity contribution is 6.04. The van der Waals surface area contributed by atoms with Crippen LogP contribution in [-0.2, 0) is 11.2 Å². The molecule has 0 bridgehead atoms. The molecule has 4 nitrogen and oxygen atoms in total. The van der Waals surface area contributed by atoms with Gasteiger partial charge in [0.25, 0.3) is 5.91 Å². The standard InChI is InChI=1S/C19H21NO3/c1-3-5-14-8-10-15(11-9-14)18(21)20-17-7-4-6-16(12-17)13(2)19(22)23/h4,6-13H,3,5H2,1-2H3,(H,20,21)(H,22,23). The van der Waals surface area contributed by atoms with E-state index in [1.165, 1.54) is 5.56 Å². The maximum atomic E-state index is 12.3. The Labute approximate surface area is 136 Å².